The van der Waals surface area contributed by atoms with Crippen LogP contribution in [-0.4, -0.2) is 34.3 Å². The van der Waals surface area contributed by atoms with E-state index in [1.807, 2.05) is 0 Å². The molecule has 3 unspecified atom stereocenters. The average Bonchev–Trinajstić information content (AvgIpc) is 3.17. The molecule has 30 heavy (non-hydrogen) atoms. The maximum atomic E-state index is 14.2. The molecule has 2 heterocycles. The Morgan fingerprint density at radius 3 is 2.77 bits per heavy atom. The van der Waals surface area contributed by atoms with E-state index in [1.54, 1.807) is 36.5 Å². The number of carbonyl (C=O) groups excluding carboxylic acids is 1. The Balaban J connectivity index is 1.67. The summed E-state index contributed by atoms with van der Waals surface area (Å²) in [6.45, 7) is 0. The van der Waals surface area contributed by atoms with E-state index < -0.39 is 24.0 Å². The van der Waals surface area contributed by atoms with Crippen molar-refractivity contribution in [3.8, 4) is 11.1 Å². The van der Waals surface area contributed by atoms with Gasteiger partial charge in [0.05, 0.1) is 19.1 Å². The summed E-state index contributed by atoms with van der Waals surface area (Å²) < 4.78 is 28.4. The second kappa shape index (κ2) is 8.17. The van der Waals surface area contributed by atoms with Gasteiger partial charge in [-0.3, -0.25) is 9.63 Å². The zero-order chi connectivity index (χ0) is 21.3. The van der Waals surface area contributed by atoms with E-state index in [1.165, 1.54) is 25.5 Å². The van der Waals surface area contributed by atoms with Crippen LogP contribution in [0.2, 0.25) is 0 Å². The molecule has 0 radical (unpaired) electrons. The smallest absolute Gasteiger partial charge is 0.274 e. The zero-order valence-corrected chi connectivity index (χ0v) is 16.0. The van der Waals surface area contributed by atoms with E-state index in [-0.39, 0.29) is 5.91 Å². The van der Waals surface area contributed by atoms with Crippen LogP contribution in [0.1, 0.15) is 22.0 Å². The minimum absolute atomic E-state index is 0.363. The quantitative estimate of drug-likeness (QED) is 0.555. The van der Waals surface area contributed by atoms with Crippen LogP contribution >= 0.6 is 0 Å². The second-order valence-corrected chi connectivity index (χ2v) is 6.93. The minimum Gasteiger partial charge on any atom is -0.387 e. The molecular formula is C22H19F2N3O3. The molecule has 0 spiro atoms. The summed E-state index contributed by atoms with van der Waals surface area (Å²) in [5.41, 5.74) is 5.04. The SMILES string of the molecule is CONC(=O)c1ccc(-c2cnc3[nH]cc(C(O)C4C(F)=CC=CC4F)c3c2)cc1. The fourth-order valence-electron chi connectivity index (χ4n) is 3.55. The fraction of sp³-hybridized carbons (Fsp3) is 0.182. The lowest BCUT2D eigenvalue weighted by atomic mass is 9.87. The number of aliphatic hydroxyl groups is 1. The van der Waals surface area contributed by atoms with Gasteiger partial charge in [0.1, 0.15) is 17.6 Å². The van der Waals surface area contributed by atoms with Crippen molar-refractivity contribution in [3.05, 3.63) is 77.9 Å². The van der Waals surface area contributed by atoms with E-state index in [2.05, 4.69) is 20.3 Å². The van der Waals surface area contributed by atoms with Gasteiger partial charge in [-0.05, 0) is 35.9 Å². The largest absolute Gasteiger partial charge is 0.387 e. The third-order valence-electron chi connectivity index (χ3n) is 5.11. The molecule has 1 aromatic carbocycles. The van der Waals surface area contributed by atoms with Crippen LogP contribution in [-0.2, 0) is 4.84 Å². The van der Waals surface area contributed by atoms with Gasteiger partial charge in [-0.2, -0.15) is 0 Å². The van der Waals surface area contributed by atoms with Crippen LogP contribution < -0.4 is 5.48 Å². The zero-order valence-electron chi connectivity index (χ0n) is 16.0. The van der Waals surface area contributed by atoms with Crippen molar-refractivity contribution in [1.29, 1.82) is 0 Å². The normalized spacial score (nSPS) is 19.5. The first-order chi connectivity index (χ1) is 14.5. The molecule has 0 saturated heterocycles. The highest BCUT2D eigenvalue weighted by molar-refractivity contribution is 5.94. The average molecular weight is 411 g/mol. The number of alkyl halides is 1. The molecule has 3 N–H and O–H groups in total. The molecular weight excluding hydrogens is 392 g/mol. The molecule has 3 aromatic rings. The van der Waals surface area contributed by atoms with E-state index >= 15 is 0 Å². The Kier molecular flexibility index (Phi) is 5.43. The molecule has 0 saturated carbocycles. The number of benzene rings is 1. The molecule has 2 aromatic heterocycles. The lowest BCUT2D eigenvalue weighted by molar-refractivity contribution is 0.0537. The number of nitrogens with zero attached hydrogens (tertiary/aromatic N) is 1. The monoisotopic (exact) mass is 411 g/mol. The molecule has 1 aliphatic carbocycles. The van der Waals surface area contributed by atoms with Crippen LogP contribution in [0.3, 0.4) is 0 Å². The first-order valence-electron chi connectivity index (χ1n) is 9.26. The number of aliphatic hydroxyl groups excluding tert-OH is 1. The number of allylic oxidation sites excluding steroid dienone is 3. The lowest BCUT2D eigenvalue weighted by Crippen LogP contribution is -2.24. The predicted octanol–water partition coefficient (Wildman–Crippen LogP) is 3.93. The molecule has 0 bridgehead atoms. The number of hydrogen-bond acceptors (Lipinski definition) is 4. The highest BCUT2D eigenvalue weighted by Gasteiger charge is 2.34. The number of pyridine rings is 1. The standard InChI is InChI=1S/C22H19F2N3O3/c1-30-27-22(29)13-7-5-12(6-8-13)14-9-15-16(11-26-21(15)25-10-14)20(28)19-17(23)3-2-4-18(19)24/h2-11,17,19-20,28H,1H3,(H,25,26)(H,27,29). The number of nitrogens with one attached hydrogen (secondary N) is 2. The molecule has 0 fully saturated rings. The summed E-state index contributed by atoms with van der Waals surface area (Å²) >= 11 is 0. The molecule has 8 heteroatoms. The minimum atomic E-state index is -1.63. The van der Waals surface area contributed by atoms with Crippen molar-refractivity contribution >= 4 is 16.9 Å². The highest BCUT2D eigenvalue weighted by atomic mass is 19.1. The number of H-pyrrole nitrogens is 1. The van der Waals surface area contributed by atoms with Crippen molar-refractivity contribution in [2.45, 2.75) is 12.3 Å². The maximum Gasteiger partial charge on any atom is 0.274 e. The Bertz CT molecular complexity index is 1140. The van der Waals surface area contributed by atoms with Crippen LogP contribution in [0, 0.1) is 5.92 Å². The van der Waals surface area contributed by atoms with Crippen LogP contribution in [0.15, 0.2) is 66.8 Å². The second-order valence-electron chi connectivity index (χ2n) is 6.93. The number of rotatable bonds is 5. The summed E-state index contributed by atoms with van der Waals surface area (Å²) in [5, 5.41) is 11.3. The number of carbonyl (C=O) groups is 1. The van der Waals surface area contributed by atoms with E-state index in [0.29, 0.717) is 22.2 Å². The first kappa shape index (κ1) is 19.9. The Hall–Kier alpha value is -3.36. The summed E-state index contributed by atoms with van der Waals surface area (Å²) in [6.07, 6.45) is 3.82. The summed E-state index contributed by atoms with van der Waals surface area (Å²) in [4.78, 5) is 23.7. The number of hydroxylamine groups is 1. The van der Waals surface area contributed by atoms with Gasteiger partial charge in [0.25, 0.3) is 5.91 Å². The Morgan fingerprint density at radius 1 is 1.30 bits per heavy atom. The highest BCUT2D eigenvalue weighted by Crippen LogP contribution is 2.38. The van der Waals surface area contributed by atoms with Crippen molar-refractivity contribution in [1.82, 2.24) is 15.4 Å². The summed E-state index contributed by atoms with van der Waals surface area (Å²) in [7, 11) is 1.35. The topological polar surface area (TPSA) is 87.2 Å². The van der Waals surface area contributed by atoms with Gasteiger partial charge in [-0.1, -0.05) is 18.2 Å². The molecule has 1 aliphatic rings. The van der Waals surface area contributed by atoms with Gasteiger partial charge in [0.2, 0.25) is 0 Å². The Morgan fingerprint density at radius 2 is 2.07 bits per heavy atom. The van der Waals surface area contributed by atoms with Crippen molar-refractivity contribution < 1.29 is 23.5 Å². The van der Waals surface area contributed by atoms with Crippen molar-refractivity contribution in [3.63, 3.8) is 0 Å². The van der Waals surface area contributed by atoms with Gasteiger partial charge in [-0.25, -0.2) is 19.2 Å². The Labute approximate surface area is 170 Å². The third kappa shape index (κ3) is 3.62. The van der Waals surface area contributed by atoms with Crippen molar-refractivity contribution in [2.24, 2.45) is 5.92 Å². The van der Waals surface area contributed by atoms with Crippen LogP contribution in [0.5, 0.6) is 0 Å². The predicted molar refractivity (Wildman–Crippen MR) is 108 cm³/mol. The van der Waals surface area contributed by atoms with Crippen molar-refractivity contribution in [2.75, 3.05) is 7.11 Å². The van der Waals surface area contributed by atoms with Gasteiger partial charge >= 0.3 is 0 Å². The van der Waals surface area contributed by atoms with Gasteiger partial charge in [0, 0.05) is 34.5 Å². The number of fused-ring (bicyclic) bond motifs is 1. The van der Waals surface area contributed by atoms with Crippen LogP contribution in [0.25, 0.3) is 22.2 Å². The summed E-state index contributed by atoms with van der Waals surface area (Å²) in [6, 6.07) is 8.57. The molecule has 1 amide bonds. The van der Waals surface area contributed by atoms with Gasteiger partial charge < -0.3 is 10.1 Å². The number of hydrogen-bond donors (Lipinski definition) is 3. The molecule has 6 nitrogen and oxygen atoms in total. The number of aromatic amines is 1. The number of aromatic nitrogens is 2. The molecule has 0 aliphatic heterocycles. The van der Waals surface area contributed by atoms with E-state index in [4.69, 9.17) is 0 Å². The van der Waals surface area contributed by atoms with Crippen LogP contribution in [0.4, 0.5) is 8.78 Å². The van der Waals surface area contributed by atoms with Gasteiger partial charge in [-0.15, -0.1) is 0 Å². The number of halogens is 2. The number of amides is 1. The van der Waals surface area contributed by atoms with E-state index in [0.717, 1.165) is 17.2 Å². The maximum absolute atomic E-state index is 14.2. The summed E-state index contributed by atoms with van der Waals surface area (Å²) in [5.74, 6) is -2.39. The molecule has 154 valence electrons. The first-order valence-corrected chi connectivity index (χ1v) is 9.26. The lowest BCUT2D eigenvalue weighted by Gasteiger charge is -2.24. The third-order valence-corrected chi connectivity index (χ3v) is 5.11. The molecule has 4 rings (SSSR count). The van der Waals surface area contributed by atoms with Gasteiger partial charge in [0.15, 0.2) is 0 Å². The molecule has 3 atom stereocenters. The van der Waals surface area contributed by atoms with E-state index in [9.17, 15) is 18.7 Å². The fourth-order valence-corrected chi connectivity index (χ4v) is 3.55.